The van der Waals surface area contributed by atoms with E-state index in [2.05, 4.69) is 112 Å². The quantitative estimate of drug-likeness (QED) is 0.176. The van der Waals surface area contributed by atoms with E-state index < -0.39 is 37.3 Å². The molecule has 2 aromatic heterocycles. The van der Waals surface area contributed by atoms with Crippen molar-refractivity contribution in [3.05, 3.63) is 23.6 Å². The zero-order valence-electron chi connectivity index (χ0n) is 28.5. The highest BCUT2D eigenvalue weighted by Crippen LogP contribution is 2.46. The van der Waals surface area contributed by atoms with E-state index in [1.807, 2.05) is 4.57 Å². The van der Waals surface area contributed by atoms with Gasteiger partial charge in [0.1, 0.15) is 30.3 Å². The average Bonchev–Trinajstić information content (AvgIpc) is 3.34. The lowest BCUT2D eigenvalue weighted by Gasteiger charge is -2.44. The van der Waals surface area contributed by atoms with Crippen LogP contribution in [0.5, 0.6) is 0 Å². The number of fused-ring (bicyclic) bond motifs is 1. The maximum absolute atomic E-state index is 12.3. The summed E-state index contributed by atoms with van der Waals surface area (Å²) < 4.78 is 30.8. The van der Waals surface area contributed by atoms with Gasteiger partial charge in [-0.25, -0.2) is 9.71 Å². The Hall–Kier alpha value is -1.16. The highest BCUT2D eigenvalue weighted by atomic mass is 28.4. The topological polar surface area (TPSA) is 94.6 Å². The molecule has 1 saturated heterocycles. The Balaban J connectivity index is 2.17. The molecular weight excluding hydrogens is 569 g/mol. The molecule has 0 aromatic carbocycles. The molecule has 9 nitrogen and oxygen atoms in total. The van der Waals surface area contributed by atoms with Crippen molar-refractivity contribution in [2.75, 3.05) is 6.61 Å². The zero-order chi connectivity index (χ0) is 31.6. The van der Waals surface area contributed by atoms with Crippen molar-refractivity contribution in [1.82, 2.24) is 14.5 Å². The van der Waals surface area contributed by atoms with Crippen molar-refractivity contribution in [3.63, 3.8) is 0 Å². The van der Waals surface area contributed by atoms with Crippen LogP contribution in [0.4, 0.5) is 0 Å². The van der Waals surface area contributed by atoms with Gasteiger partial charge in [-0.15, -0.1) is 0 Å². The molecule has 2 aromatic rings. The molecule has 4 atom stereocenters. The normalized spacial score (nSPS) is 23.5. The Morgan fingerprint density at radius 3 is 1.80 bits per heavy atom. The second kappa shape index (κ2) is 11.1. The van der Waals surface area contributed by atoms with Gasteiger partial charge in [0.2, 0.25) is 0 Å². The van der Waals surface area contributed by atoms with E-state index in [1.54, 1.807) is 13.3 Å². The lowest BCUT2D eigenvalue weighted by molar-refractivity contribution is -0.614. The molecule has 1 aliphatic rings. The van der Waals surface area contributed by atoms with Gasteiger partial charge in [0, 0.05) is 6.92 Å². The second-order valence-corrected chi connectivity index (χ2v) is 30.6. The van der Waals surface area contributed by atoms with Gasteiger partial charge < -0.3 is 23.2 Å². The van der Waals surface area contributed by atoms with Crippen LogP contribution in [0.15, 0.2) is 12.7 Å². The van der Waals surface area contributed by atoms with E-state index in [4.69, 9.17) is 18.0 Å². The monoisotopic (exact) mass is 624 g/mol. The largest absolute Gasteiger partial charge is 0.711 e. The predicted molar refractivity (Wildman–Crippen MR) is 172 cm³/mol. The first-order valence-electron chi connectivity index (χ1n) is 14.9. The molecule has 1 fully saturated rings. The molecule has 3 heterocycles. The van der Waals surface area contributed by atoms with Crippen molar-refractivity contribution in [3.8, 4) is 0 Å². The first-order chi connectivity index (χ1) is 18.3. The molecule has 0 amide bonds. The standard InChI is InChI=1S/C29H56N4O5Si3/c1-20-22-25(31-19-33(20)34)32(18-30-22)26-24(38-41(15,16)29(8,9)10)23(37-40(13,14)28(5,6)7)21(36-26)17-35-39(11,12)27(2,3)4/h18-19,21,23-24,26H,17H2,1-16H3/t21-,23-,24-,26-/m1/s1. The number of imidazole rings is 1. The number of ether oxygens (including phenoxy) is 1. The van der Waals surface area contributed by atoms with Crippen LogP contribution >= 0.6 is 0 Å². The molecule has 234 valence electrons. The minimum absolute atomic E-state index is 0.000429. The Morgan fingerprint density at radius 1 is 0.829 bits per heavy atom. The number of rotatable bonds is 8. The number of hydrogen-bond acceptors (Lipinski definition) is 7. The van der Waals surface area contributed by atoms with E-state index >= 15 is 0 Å². The second-order valence-electron chi connectivity index (χ2n) is 16.3. The zero-order valence-corrected chi connectivity index (χ0v) is 31.5. The maximum Gasteiger partial charge on any atom is 0.292 e. The van der Waals surface area contributed by atoms with Crippen molar-refractivity contribution >= 4 is 36.1 Å². The molecule has 0 saturated carbocycles. The summed E-state index contributed by atoms with van der Waals surface area (Å²) in [5.74, 6) is 0. The van der Waals surface area contributed by atoms with Crippen LogP contribution < -0.4 is 4.73 Å². The van der Waals surface area contributed by atoms with Gasteiger partial charge in [-0.3, -0.25) is 4.57 Å². The molecule has 3 rings (SSSR count). The molecule has 0 N–H and O–H groups in total. The number of aromatic nitrogens is 4. The Bertz CT molecular complexity index is 1230. The maximum atomic E-state index is 12.3. The molecule has 0 spiro atoms. The van der Waals surface area contributed by atoms with Gasteiger partial charge >= 0.3 is 0 Å². The highest BCUT2D eigenvalue weighted by molar-refractivity contribution is 6.75. The van der Waals surface area contributed by atoms with Crippen molar-refractivity contribution in [2.45, 2.75) is 148 Å². The minimum atomic E-state index is -2.28. The van der Waals surface area contributed by atoms with Gasteiger partial charge in [-0.2, -0.15) is 0 Å². The fraction of sp³-hybridized carbons (Fsp3) is 0.828. The van der Waals surface area contributed by atoms with Crippen LogP contribution in [0.2, 0.25) is 54.4 Å². The van der Waals surface area contributed by atoms with E-state index in [0.29, 0.717) is 23.5 Å². The van der Waals surface area contributed by atoms with Crippen LogP contribution in [-0.2, 0) is 18.0 Å². The summed E-state index contributed by atoms with van der Waals surface area (Å²) in [4.78, 5) is 9.06. The summed E-state index contributed by atoms with van der Waals surface area (Å²) in [6.07, 6.45) is 1.38. The van der Waals surface area contributed by atoms with Gasteiger partial charge in [0.05, 0.1) is 6.61 Å². The lowest BCUT2D eigenvalue weighted by atomic mass is 10.1. The fourth-order valence-corrected chi connectivity index (χ4v) is 7.72. The van der Waals surface area contributed by atoms with Gasteiger partial charge in [0.15, 0.2) is 36.7 Å². The Morgan fingerprint density at radius 2 is 1.32 bits per heavy atom. The number of aryl methyl sites for hydroxylation is 1. The molecule has 12 heteroatoms. The number of nitrogens with zero attached hydrogens (tertiary/aromatic N) is 4. The fourth-order valence-electron chi connectivity index (χ4n) is 4.10. The van der Waals surface area contributed by atoms with Gasteiger partial charge in [-0.1, -0.05) is 62.3 Å². The number of hydrogen-bond donors (Lipinski definition) is 0. The summed E-state index contributed by atoms with van der Waals surface area (Å²) >= 11 is 0. The van der Waals surface area contributed by atoms with Crippen LogP contribution in [0, 0.1) is 12.1 Å². The third kappa shape index (κ3) is 6.83. The minimum Gasteiger partial charge on any atom is -0.711 e. The third-order valence-electron chi connectivity index (χ3n) is 10.2. The molecule has 0 aliphatic carbocycles. The Labute approximate surface area is 251 Å². The summed E-state index contributed by atoms with van der Waals surface area (Å²) in [5.41, 5.74) is 1.65. The van der Waals surface area contributed by atoms with E-state index in [-0.39, 0.29) is 27.3 Å². The molecule has 1 aliphatic heterocycles. The molecule has 0 unspecified atom stereocenters. The lowest BCUT2D eigenvalue weighted by Crippen LogP contribution is -2.54. The van der Waals surface area contributed by atoms with Crippen LogP contribution in [0.25, 0.3) is 11.2 Å². The Kier molecular flexibility index (Phi) is 9.28. The molecular formula is C29H56N4O5Si3. The highest BCUT2D eigenvalue weighted by Gasteiger charge is 2.55. The smallest absolute Gasteiger partial charge is 0.292 e. The van der Waals surface area contributed by atoms with Crippen LogP contribution in [0.1, 0.15) is 74.2 Å². The average molecular weight is 625 g/mol. The van der Waals surface area contributed by atoms with E-state index in [0.717, 1.165) is 4.73 Å². The summed E-state index contributed by atoms with van der Waals surface area (Å²) in [7, 11) is -6.59. The summed E-state index contributed by atoms with van der Waals surface area (Å²) in [6, 6.07) is 0. The predicted octanol–water partition coefficient (Wildman–Crippen LogP) is 7.07. The van der Waals surface area contributed by atoms with E-state index in [1.165, 1.54) is 6.33 Å². The SMILES string of the molecule is Cc1c2ncn([C@@H]3O[C@H](CO[Si](C)(C)C(C)(C)C)[C@@H](O[Si](C)(C)C(C)(C)C)[C@H]3O[Si](C)(C)C(C)(C)C)c2nc[n+]1[O-]. The molecule has 41 heavy (non-hydrogen) atoms. The third-order valence-corrected chi connectivity index (χ3v) is 23.6. The van der Waals surface area contributed by atoms with Crippen molar-refractivity contribution in [1.29, 1.82) is 0 Å². The van der Waals surface area contributed by atoms with Gasteiger partial charge in [0.25, 0.3) is 12.0 Å². The molecule has 0 radical (unpaired) electrons. The van der Waals surface area contributed by atoms with Crippen molar-refractivity contribution in [2.24, 2.45) is 0 Å². The first-order valence-corrected chi connectivity index (χ1v) is 23.6. The molecule has 0 bridgehead atoms. The summed E-state index contributed by atoms with van der Waals surface area (Å²) in [6.45, 7) is 36.0. The van der Waals surface area contributed by atoms with E-state index in [9.17, 15) is 5.21 Å². The summed E-state index contributed by atoms with van der Waals surface area (Å²) in [5, 5.41) is 12.3. The van der Waals surface area contributed by atoms with Crippen LogP contribution in [-0.4, -0.2) is 64.4 Å². The van der Waals surface area contributed by atoms with Gasteiger partial charge in [-0.05, 0) is 59.4 Å². The van der Waals surface area contributed by atoms with Crippen molar-refractivity contribution < 1.29 is 22.7 Å². The first kappa shape index (κ1) is 34.3. The van der Waals surface area contributed by atoms with Crippen LogP contribution in [0.3, 0.4) is 0 Å².